The fraction of sp³-hybridized carbons (Fsp3) is 0.769. The smallest absolute Gasteiger partial charge is 0.172 e. The van der Waals surface area contributed by atoms with Crippen LogP contribution in [-0.4, -0.2) is 29.7 Å². The molecule has 0 aromatic rings. The monoisotopic (exact) mass is 396 g/mol. The van der Waals surface area contributed by atoms with E-state index >= 15 is 0 Å². The number of ether oxygens (including phenoxy) is 2. The number of hydrogen-bond acceptors (Lipinski definition) is 3. The van der Waals surface area contributed by atoms with Gasteiger partial charge in [-0.25, -0.2) is 0 Å². The van der Waals surface area contributed by atoms with E-state index in [2.05, 4.69) is 45.6 Å². The van der Waals surface area contributed by atoms with E-state index in [4.69, 9.17) is 9.47 Å². The van der Waals surface area contributed by atoms with Gasteiger partial charge < -0.3 is 14.6 Å². The molecule has 1 aliphatic heterocycles. The average molecular weight is 397 g/mol. The summed E-state index contributed by atoms with van der Waals surface area (Å²) in [6.07, 6.45) is 10.7. The van der Waals surface area contributed by atoms with Gasteiger partial charge in [-0.15, -0.1) is 0 Å². The number of fused-ring (bicyclic) bond motifs is 4. The van der Waals surface area contributed by atoms with Crippen LogP contribution in [-0.2, 0) is 9.47 Å². The summed E-state index contributed by atoms with van der Waals surface area (Å²) in [7, 11) is 0. The third-order valence-electron chi connectivity index (χ3n) is 8.44. The quantitative estimate of drug-likeness (QED) is 0.576. The van der Waals surface area contributed by atoms with E-state index in [1.54, 1.807) is 16.7 Å². The second-order valence-electron chi connectivity index (χ2n) is 11.3. The molecule has 158 valence electrons. The maximum absolute atomic E-state index is 11.6. The fourth-order valence-electron chi connectivity index (χ4n) is 6.80. The molecule has 2 fully saturated rings. The van der Waals surface area contributed by atoms with Gasteiger partial charge in [0.05, 0.1) is 13.2 Å². The molecule has 5 rings (SSSR count). The SMILES string of the molecule is CC(C)(C)C#C[C@]1(O)CC[C@H]2[C@@H]3CCC4=C(CCC5(C4)OCCO5)C3=CC[C@@]21C. The number of hydrogen-bond donors (Lipinski definition) is 1. The summed E-state index contributed by atoms with van der Waals surface area (Å²) in [4.78, 5) is 0. The van der Waals surface area contributed by atoms with E-state index < -0.39 is 5.60 Å². The maximum atomic E-state index is 11.6. The Morgan fingerprint density at radius 2 is 1.86 bits per heavy atom. The van der Waals surface area contributed by atoms with Crippen molar-refractivity contribution in [3.05, 3.63) is 22.8 Å². The first kappa shape index (κ1) is 19.9. The minimum atomic E-state index is -0.857. The van der Waals surface area contributed by atoms with Crippen LogP contribution in [0.5, 0.6) is 0 Å². The van der Waals surface area contributed by atoms with Crippen molar-refractivity contribution in [2.45, 2.75) is 90.4 Å². The lowest BCUT2D eigenvalue weighted by Gasteiger charge is -2.50. The van der Waals surface area contributed by atoms with Gasteiger partial charge in [-0.1, -0.05) is 30.4 Å². The summed E-state index contributed by atoms with van der Waals surface area (Å²) in [5.74, 6) is 7.49. The van der Waals surface area contributed by atoms with Crippen molar-refractivity contribution in [2.24, 2.45) is 22.7 Å². The zero-order valence-corrected chi connectivity index (χ0v) is 18.6. The summed E-state index contributed by atoms with van der Waals surface area (Å²) in [6, 6.07) is 0. The highest BCUT2D eigenvalue weighted by Gasteiger charge is 2.60. The van der Waals surface area contributed by atoms with Gasteiger partial charge in [0.2, 0.25) is 0 Å². The zero-order valence-electron chi connectivity index (χ0n) is 18.6. The first-order valence-corrected chi connectivity index (χ1v) is 11.6. The Labute approximate surface area is 175 Å². The van der Waals surface area contributed by atoms with Crippen molar-refractivity contribution in [3.8, 4) is 11.8 Å². The molecule has 0 radical (unpaired) electrons. The zero-order chi connectivity index (χ0) is 20.5. The predicted molar refractivity (Wildman–Crippen MR) is 114 cm³/mol. The molecule has 1 N–H and O–H groups in total. The highest BCUT2D eigenvalue weighted by Crippen LogP contribution is 2.62. The number of aliphatic hydroxyl groups is 1. The molecule has 1 spiro atoms. The maximum Gasteiger partial charge on any atom is 0.172 e. The van der Waals surface area contributed by atoms with Crippen molar-refractivity contribution in [2.75, 3.05) is 13.2 Å². The van der Waals surface area contributed by atoms with Crippen molar-refractivity contribution in [1.29, 1.82) is 0 Å². The van der Waals surface area contributed by atoms with Crippen LogP contribution in [0, 0.1) is 34.5 Å². The fourth-order valence-corrected chi connectivity index (χ4v) is 6.80. The van der Waals surface area contributed by atoms with Crippen LogP contribution in [0.1, 0.15) is 79.1 Å². The lowest BCUT2D eigenvalue weighted by Crippen LogP contribution is -2.48. The van der Waals surface area contributed by atoms with E-state index in [1.165, 1.54) is 6.42 Å². The van der Waals surface area contributed by atoms with E-state index in [0.717, 1.165) is 58.2 Å². The van der Waals surface area contributed by atoms with Crippen LogP contribution < -0.4 is 0 Å². The molecule has 4 aliphatic carbocycles. The van der Waals surface area contributed by atoms with Crippen LogP contribution in [0.15, 0.2) is 22.8 Å². The Kier molecular flexibility index (Phi) is 4.42. The first-order chi connectivity index (χ1) is 13.6. The van der Waals surface area contributed by atoms with Crippen molar-refractivity contribution < 1.29 is 14.6 Å². The Bertz CT molecular complexity index is 826. The van der Waals surface area contributed by atoms with Crippen molar-refractivity contribution in [3.63, 3.8) is 0 Å². The standard InChI is InChI=1S/C26H36O3/c1-23(2,3)13-14-25(27)11-9-22-21-6-5-18-17-26(28-15-16-29-26)12-8-19(18)20(21)7-10-24(22,25)4/h7,21-22,27H,5-6,8-12,15-17H2,1-4H3/t21-,22+,24+,25-/m1/s1. The summed E-state index contributed by atoms with van der Waals surface area (Å²) in [5.41, 5.74) is 3.70. The van der Waals surface area contributed by atoms with Gasteiger partial charge in [0, 0.05) is 23.7 Å². The third-order valence-corrected chi connectivity index (χ3v) is 8.44. The number of allylic oxidation sites excluding steroid dienone is 3. The summed E-state index contributed by atoms with van der Waals surface area (Å²) in [6.45, 7) is 10.2. The Morgan fingerprint density at radius 3 is 2.59 bits per heavy atom. The molecule has 1 saturated carbocycles. The molecule has 0 aromatic carbocycles. The van der Waals surface area contributed by atoms with Gasteiger partial charge in [-0.2, -0.15) is 0 Å². The highest BCUT2D eigenvalue weighted by atomic mass is 16.7. The van der Waals surface area contributed by atoms with Crippen LogP contribution >= 0.6 is 0 Å². The van der Waals surface area contributed by atoms with E-state index in [0.29, 0.717) is 11.8 Å². The second-order valence-corrected chi connectivity index (χ2v) is 11.3. The van der Waals surface area contributed by atoms with Gasteiger partial charge in [0.25, 0.3) is 0 Å². The van der Waals surface area contributed by atoms with Gasteiger partial charge >= 0.3 is 0 Å². The Morgan fingerprint density at radius 1 is 1.10 bits per heavy atom. The molecule has 4 atom stereocenters. The summed E-state index contributed by atoms with van der Waals surface area (Å²) in [5, 5.41) is 11.6. The topological polar surface area (TPSA) is 38.7 Å². The van der Waals surface area contributed by atoms with Gasteiger partial charge in [-0.05, 0) is 82.3 Å². The number of rotatable bonds is 0. The largest absolute Gasteiger partial charge is 0.377 e. The average Bonchev–Trinajstić information content (AvgIpc) is 3.22. The van der Waals surface area contributed by atoms with Crippen LogP contribution in [0.2, 0.25) is 0 Å². The minimum absolute atomic E-state index is 0.0766. The molecular formula is C26H36O3. The normalized spacial score (nSPS) is 40.7. The molecule has 3 nitrogen and oxygen atoms in total. The van der Waals surface area contributed by atoms with Crippen molar-refractivity contribution >= 4 is 0 Å². The lowest BCUT2D eigenvalue weighted by atomic mass is 9.56. The molecule has 0 amide bonds. The Hall–Kier alpha value is -1.08. The summed E-state index contributed by atoms with van der Waals surface area (Å²) < 4.78 is 12.0. The molecule has 1 saturated heterocycles. The second kappa shape index (κ2) is 6.46. The van der Waals surface area contributed by atoms with E-state index in [9.17, 15) is 5.11 Å². The molecule has 29 heavy (non-hydrogen) atoms. The lowest BCUT2D eigenvalue weighted by molar-refractivity contribution is -0.164. The van der Waals surface area contributed by atoms with E-state index in [-0.39, 0.29) is 16.6 Å². The molecule has 0 aromatic heterocycles. The molecular weight excluding hydrogens is 360 g/mol. The molecule has 1 heterocycles. The Balaban J connectivity index is 1.45. The predicted octanol–water partition coefficient (Wildman–Crippen LogP) is 5.15. The molecule has 3 heteroatoms. The molecule has 5 aliphatic rings. The summed E-state index contributed by atoms with van der Waals surface area (Å²) >= 11 is 0. The van der Waals surface area contributed by atoms with Crippen LogP contribution in [0.3, 0.4) is 0 Å². The third kappa shape index (κ3) is 3.06. The van der Waals surface area contributed by atoms with Gasteiger partial charge in [0.1, 0.15) is 5.60 Å². The van der Waals surface area contributed by atoms with Gasteiger partial charge in [0.15, 0.2) is 5.79 Å². The highest BCUT2D eigenvalue weighted by molar-refractivity contribution is 5.46. The van der Waals surface area contributed by atoms with Gasteiger partial charge in [-0.3, -0.25) is 0 Å². The van der Waals surface area contributed by atoms with Crippen LogP contribution in [0.4, 0.5) is 0 Å². The van der Waals surface area contributed by atoms with Crippen LogP contribution in [0.25, 0.3) is 0 Å². The molecule has 0 unspecified atom stereocenters. The van der Waals surface area contributed by atoms with Crippen molar-refractivity contribution in [1.82, 2.24) is 0 Å². The first-order valence-electron chi connectivity index (χ1n) is 11.6. The minimum Gasteiger partial charge on any atom is -0.377 e. The van der Waals surface area contributed by atoms with E-state index in [1.807, 2.05) is 0 Å². The molecule has 0 bridgehead atoms.